The Morgan fingerprint density at radius 3 is 2.53 bits per heavy atom. The highest BCUT2D eigenvalue weighted by atomic mass is 16.2. The number of nitrogens with one attached hydrogen (secondary N) is 2. The van der Waals surface area contributed by atoms with Gasteiger partial charge in [0.05, 0.1) is 12.1 Å². The second-order valence-corrected chi connectivity index (χ2v) is 5.66. The largest absolute Gasteiger partial charge is 0.333 e. The minimum absolute atomic E-state index is 0.153. The van der Waals surface area contributed by atoms with Crippen LogP contribution in [0.3, 0.4) is 0 Å². The number of amides is 2. The van der Waals surface area contributed by atoms with Crippen molar-refractivity contribution in [2.75, 3.05) is 39.8 Å². The van der Waals surface area contributed by atoms with E-state index in [-0.39, 0.29) is 6.03 Å². The Bertz CT molecular complexity index is 297. The first-order valence-corrected chi connectivity index (χ1v) is 6.70. The van der Waals surface area contributed by atoms with E-state index in [9.17, 15) is 4.79 Å². The molecule has 3 heterocycles. The van der Waals surface area contributed by atoms with Gasteiger partial charge in [-0.15, -0.1) is 0 Å². The molecule has 3 saturated heterocycles. The van der Waals surface area contributed by atoms with E-state index in [0.717, 1.165) is 19.6 Å². The van der Waals surface area contributed by atoms with Crippen LogP contribution in [0.25, 0.3) is 0 Å². The normalized spacial score (nSPS) is 32.6. The summed E-state index contributed by atoms with van der Waals surface area (Å²) in [5.41, 5.74) is 0. The molecule has 3 aliphatic rings. The molecule has 5 nitrogen and oxygen atoms in total. The van der Waals surface area contributed by atoms with E-state index in [4.69, 9.17) is 0 Å². The lowest BCUT2D eigenvalue weighted by molar-refractivity contribution is 0.163. The summed E-state index contributed by atoms with van der Waals surface area (Å²) in [4.78, 5) is 16.3. The zero-order chi connectivity index (χ0) is 11.8. The van der Waals surface area contributed by atoms with Gasteiger partial charge in [0, 0.05) is 19.6 Å². The second kappa shape index (κ2) is 4.46. The molecule has 0 aliphatic carbocycles. The third kappa shape index (κ3) is 2.13. The topological polar surface area (TPSA) is 47.6 Å². The SMILES string of the molecule is CN1CCC(C2CN(C3CNC3)C(=O)N2)CC1. The number of carbonyl (C=O) groups is 1. The van der Waals surface area contributed by atoms with Gasteiger partial charge in [-0.25, -0.2) is 4.79 Å². The van der Waals surface area contributed by atoms with Crippen LogP contribution in [0, 0.1) is 5.92 Å². The summed E-state index contributed by atoms with van der Waals surface area (Å²) < 4.78 is 0. The summed E-state index contributed by atoms with van der Waals surface area (Å²) in [6, 6.07) is 0.975. The van der Waals surface area contributed by atoms with Crippen molar-refractivity contribution in [2.45, 2.75) is 24.9 Å². The summed E-state index contributed by atoms with van der Waals surface area (Å²) >= 11 is 0. The van der Waals surface area contributed by atoms with Gasteiger partial charge in [-0.2, -0.15) is 0 Å². The minimum atomic E-state index is 0.153. The van der Waals surface area contributed by atoms with Crippen molar-refractivity contribution in [3.05, 3.63) is 0 Å². The van der Waals surface area contributed by atoms with E-state index in [1.807, 2.05) is 4.90 Å². The maximum Gasteiger partial charge on any atom is 0.318 e. The second-order valence-electron chi connectivity index (χ2n) is 5.66. The number of likely N-dealkylation sites (tertiary alicyclic amines) is 1. The van der Waals surface area contributed by atoms with Crippen molar-refractivity contribution >= 4 is 6.03 Å². The number of piperidine rings is 1. The average Bonchev–Trinajstić information content (AvgIpc) is 2.60. The summed E-state index contributed by atoms with van der Waals surface area (Å²) in [7, 11) is 2.18. The smallest absolute Gasteiger partial charge is 0.318 e. The van der Waals surface area contributed by atoms with Gasteiger partial charge in [-0.05, 0) is 38.9 Å². The van der Waals surface area contributed by atoms with Crippen LogP contribution >= 0.6 is 0 Å². The molecule has 5 heteroatoms. The first-order valence-electron chi connectivity index (χ1n) is 6.70. The molecular formula is C12H22N4O. The number of urea groups is 1. The number of carbonyl (C=O) groups excluding carboxylic acids is 1. The van der Waals surface area contributed by atoms with Gasteiger partial charge >= 0.3 is 6.03 Å². The molecule has 0 radical (unpaired) electrons. The van der Waals surface area contributed by atoms with Crippen LogP contribution in [0.15, 0.2) is 0 Å². The zero-order valence-electron chi connectivity index (χ0n) is 10.5. The van der Waals surface area contributed by atoms with E-state index in [2.05, 4.69) is 22.6 Å². The van der Waals surface area contributed by atoms with Crippen molar-refractivity contribution in [1.29, 1.82) is 0 Å². The van der Waals surface area contributed by atoms with E-state index < -0.39 is 0 Å². The first kappa shape index (κ1) is 11.3. The molecule has 0 aromatic rings. The van der Waals surface area contributed by atoms with Crippen LogP contribution in [-0.2, 0) is 0 Å². The van der Waals surface area contributed by atoms with Crippen LogP contribution < -0.4 is 10.6 Å². The predicted octanol–water partition coefficient (Wildman–Crippen LogP) is -0.306. The van der Waals surface area contributed by atoms with E-state index in [0.29, 0.717) is 18.0 Å². The van der Waals surface area contributed by atoms with E-state index >= 15 is 0 Å². The predicted molar refractivity (Wildman–Crippen MR) is 65.9 cm³/mol. The summed E-state index contributed by atoms with van der Waals surface area (Å²) in [5, 5.41) is 6.41. The van der Waals surface area contributed by atoms with Crippen molar-refractivity contribution in [1.82, 2.24) is 20.4 Å². The molecule has 3 aliphatic heterocycles. The molecule has 17 heavy (non-hydrogen) atoms. The van der Waals surface area contributed by atoms with Gasteiger partial charge in [0.15, 0.2) is 0 Å². The number of hydrogen-bond donors (Lipinski definition) is 2. The standard InChI is InChI=1S/C12H22N4O/c1-15-4-2-9(3-5-15)11-8-16(12(17)14-11)10-6-13-7-10/h9-11,13H,2-8H2,1H3,(H,14,17). The quantitative estimate of drug-likeness (QED) is 0.694. The molecule has 96 valence electrons. The fourth-order valence-electron chi connectivity index (χ4n) is 3.09. The molecule has 0 aromatic heterocycles. The Balaban J connectivity index is 1.57. The third-order valence-corrected chi connectivity index (χ3v) is 4.50. The lowest BCUT2D eigenvalue weighted by Crippen LogP contribution is -2.58. The lowest BCUT2D eigenvalue weighted by Gasteiger charge is -2.35. The monoisotopic (exact) mass is 238 g/mol. The van der Waals surface area contributed by atoms with Crippen molar-refractivity contribution < 1.29 is 4.79 Å². The maximum absolute atomic E-state index is 11.9. The highest BCUT2D eigenvalue weighted by Gasteiger charge is 2.39. The Labute approximate surface area is 103 Å². The van der Waals surface area contributed by atoms with Crippen molar-refractivity contribution in [3.8, 4) is 0 Å². The fourth-order valence-corrected chi connectivity index (χ4v) is 3.09. The van der Waals surface area contributed by atoms with E-state index in [1.54, 1.807) is 0 Å². The molecule has 2 N–H and O–H groups in total. The molecule has 2 amide bonds. The third-order valence-electron chi connectivity index (χ3n) is 4.50. The molecule has 0 bridgehead atoms. The summed E-state index contributed by atoms with van der Waals surface area (Å²) in [5.74, 6) is 0.674. The zero-order valence-corrected chi connectivity index (χ0v) is 10.5. The maximum atomic E-state index is 11.9. The first-order chi connectivity index (χ1) is 8.24. The molecule has 3 fully saturated rings. The Kier molecular flexibility index (Phi) is 2.96. The van der Waals surface area contributed by atoms with Crippen LogP contribution in [-0.4, -0.2) is 67.7 Å². The Morgan fingerprint density at radius 2 is 1.94 bits per heavy atom. The molecule has 1 unspecified atom stereocenters. The molecule has 0 saturated carbocycles. The van der Waals surface area contributed by atoms with Crippen LogP contribution in [0.2, 0.25) is 0 Å². The van der Waals surface area contributed by atoms with Gasteiger partial charge in [0.2, 0.25) is 0 Å². The van der Waals surface area contributed by atoms with Crippen LogP contribution in [0.4, 0.5) is 4.79 Å². The molecule has 3 rings (SSSR count). The summed E-state index contributed by atoms with van der Waals surface area (Å²) in [6.45, 7) is 5.19. The molecule has 1 atom stereocenters. The van der Waals surface area contributed by atoms with Gasteiger partial charge in [-0.1, -0.05) is 0 Å². The van der Waals surface area contributed by atoms with Crippen molar-refractivity contribution in [2.24, 2.45) is 5.92 Å². The molecule has 0 aromatic carbocycles. The number of nitrogens with zero attached hydrogens (tertiary/aromatic N) is 2. The van der Waals surface area contributed by atoms with Crippen LogP contribution in [0.5, 0.6) is 0 Å². The average molecular weight is 238 g/mol. The van der Waals surface area contributed by atoms with Gasteiger partial charge < -0.3 is 20.4 Å². The van der Waals surface area contributed by atoms with Crippen molar-refractivity contribution in [3.63, 3.8) is 0 Å². The fraction of sp³-hybridized carbons (Fsp3) is 0.917. The number of rotatable bonds is 2. The summed E-state index contributed by atoms with van der Waals surface area (Å²) in [6.07, 6.45) is 2.44. The van der Waals surface area contributed by atoms with Gasteiger partial charge in [-0.3, -0.25) is 0 Å². The Morgan fingerprint density at radius 1 is 1.24 bits per heavy atom. The van der Waals surface area contributed by atoms with E-state index in [1.165, 1.54) is 25.9 Å². The molecular weight excluding hydrogens is 216 g/mol. The number of hydrogen-bond acceptors (Lipinski definition) is 3. The highest BCUT2D eigenvalue weighted by Crippen LogP contribution is 2.24. The van der Waals surface area contributed by atoms with Gasteiger partial charge in [0.25, 0.3) is 0 Å². The molecule has 0 spiro atoms. The van der Waals surface area contributed by atoms with Crippen LogP contribution in [0.1, 0.15) is 12.8 Å². The van der Waals surface area contributed by atoms with Gasteiger partial charge in [0.1, 0.15) is 0 Å². The Hall–Kier alpha value is -0.810. The lowest BCUT2D eigenvalue weighted by atomic mass is 9.90. The minimum Gasteiger partial charge on any atom is -0.333 e. The highest BCUT2D eigenvalue weighted by molar-refractivity contribution is 5.77.